The fraction of sp³-hybridized carbons (Fsp3) is 0.0435. The molecule has 4 nitrogen and oxygen atoms in total. The van der Waals surface area contributed by atoms with Gasteiger partial charge in [-0.3, -0.25) is 4.79 Å². The second-order valence-corrected chi connectivity index (χ2v) is 7.42. The third kappa shape index (κ3) is 3.98. The van der Waals surface area contributed by atoms with E-state index < -0.39 is 11.8 Å². The second kappa shape index (κ2) is 7.64. The number of rotatable bonds is 3. The van der Waals surface area contributed by atoms with Gasteiger partial charge in [-0.2, -0.15) is 0 Å². The van der Waals surface area contributed by atoms with Gasteiger partial charge in [-0.25, -0.2) is 9.18 Å². The molecule has 1 aliphatic rings. The molecule has 0 fully saturated rings. The highest BCUT2D eigenvalue weighted by Gasteiger charge is 2.30. The van der Waals surface area contributed by atoms with E-state index in [-0.39, 0.29) is 22.9 Å². The van der Waals surface area contributed by atoms with Crippen LogP contribution in [-0.4, -0.2) is 11.8 Å². The van der Waals surface area contributed by atoms with Crippen molar-refractivity contribution in [3.8, 4) is 11.5 Å². The van der Waals surface area contributed by atoms with Crippen molar-refractivity contribution in [1.82, 2.24) is 0 Å². The molecule has 3 aromatic carbocycles. The fourth-order valence-electron chi connectivity index (χ4n) is 3.03. The summed E-state index contributed by atoms with van der Waals surface area (Å²) in [4.78, 5) is 25.0. The van der Waals surface area contributed by atoms with E-state index in [1.165, 1.54) is 24.3 Å². The minimum atomic E-state index is -0.696. The normalized spacial score (nSPS) is 13.9. The summed E-state index contributed by atoms with van der Waals surface area (Å²) in [5, 5.41) is 0. The average molecular weight is 453 g/mol. The van der Waals surface area contributed by atoms with E-state index in [1.807, 2.05) is 24.3 Å². The Balaban J connectivity index is 1.60. The number of hydrogen-bond acceptors (Lipinski definition) is 4. The van der Waals surface area contributed by atoms with Crippen molar-refractivity contribution in [3.63, 3.8) is 0 Å². The van der Waals surface area contributed by atoms with Gasteiger partial charge >= 0.3 is 5.97 Å². The summed E-state index contributed by atoms with van der Waals surface area (Å²) in [6.07, 6.45) is 1.66. The number of allylic oxidation sites excluding steroid dienone is 1. The molecule has 0 saturated heterocycles. The summed E-state index contributed by atoms with van der Waals surface area (Å²) < 4.78 is 25.3. The zero-order valence-corrected chi connectivity index (χ0v) is 16.8. The first-order valence-electron chi connectivity index (χ1n) is 8.73. The van der Waals surface area contributed by atoms with Crippen LogP contribution >= 0.6 is 15.9 Å². The number of hydrogen-bond donors (Lipinski definition) is 0. The lowest BCUT2D eigenvalue weighted by atomic mass is 10.0. The molecule has 144 valence electrons. The zero-order chi connectivity index (χ0) is 20.5. The van der Waals surface area contributed by atoms with Crippen molar-refractivity contribution in [1.29, 1.82) is 0 Å². The average Bonchev–Trinajstić information content (AvgIpc) is 2.99. The number of ketones is 1. The third-order valence-electron chi connectivity index (χ3n) is 4.38. The maximum absolute atomic E-state index is 13.3. The van der Waals surface area contributed by atoms with Gasteiger partial charge in [0.15, 0.2) is 5.76 Å². The van der Waals surface area contributed by atoms with Crippen LogP contribution in [0.4, 0.5) is 4.39 Å². The smallest absolute Gasteiger partial charge is 0.343 e. The van der Waals surface area contributed by atoms with E-state index in [4.69, 9.17) is 9.47 Å². The molecule has 3 aromatic rings. The van der Waals surface area contributed by atoms with E-state index >= 15 is 0 Å². The van der Waals surface area contributed by atoms with Crippen LogP contribution in [0.25, 0.3) is 6.08 Å². The van der Waals surface area contributed by atoms with Crippen LogP contribution in [0.5, 0.6) is 11.5 Å². The van der Waals surface area contributed by atoms with Crippen molar-refractivity contribution >= 4 is 33.8 Å². The molecule has 0 spiro atoms. The standard InChI is InChI=1S/C23H14BrFO4/c1-13-9-18(28-23(27)15-3-2-4-17(25)11-15)12-19-21(13)22(26)20(29-19)10-14-5-7-16(24)8-6-14/h2-12H,1H3/b20-10-. The van der Waals surface area contributed by atoms with Crippen molar-refractivity contribution < 1.29 is 23.5 Å². The largest absolute Gasteiger partial charge is 0.452 e. The number of benzene rings is 3. The van der Waals surface area contributed by atoms with Gasteiger partial charge in [-0.1, -0.05) is 34.1 Å². The first kappa shape index (κ1) is 19.1. The van der Waals surface area contributed by atoms with Crippen molar-refractivity contribution in [2.75, 3.05) is 0 Å². The van der Waals surface area contributed by atoms with E-state index in [1.54, 1.807) is 19.1 Å². The van der Waals surface area contributed by atoms with E-state index in [2.05, 4.69) is 15.9 Å². The molecule has 0 aliphatic carbocycles. The highest BCUT2D eigenvalue weighted by molar-refractivity contribution is 9.10. The molecule has 0 unspecified atom stereocenters. The number of aryl methyl sites for hydroxylation is 1. The molecule has 0 radical (unpaired) electrons. The number of ether oxygens (including phenoxy) is 2. The van der Waals surface area contributed by atoms with Crippen LogP contribution < -0.4 is 9.47 Å². The van der Waals surface area contributed by atoms with Gasteiger partial charge in [0.1, 0.15) is 17.3 Å². The minimum Gasteiger partial charge on any atom is -0.452 e. The number of fused-ring (bicyclic) bond motifs is 1. The Morgan fingerprint density at radius 2 is 1.86 bits per heavy atom. The number of carbonyl (C=O) groups excluding carboxylic acids is 2. The minimum absolute atomic E-state index is 0.0935. The summed E-state index contributed by atoms with van der Waals surface area (Å²) >= 11 is 3.37. The molecule has 0 aromatic heterocycles. The van der Waals surface area contributed by atoms with Gasteiger partial charge in [-0.05, 0) is 60.5 Å². The Kier molecular flexibility index (Phi) is 5.03. The highest BCUT2D eigenvalue weighted by Crippen LogP contribution is 2.37. The first-order chi connectivity index (χ1) is 13.9. The number of Topliss-reactive ketones (excluding diaryl/α,β-unsaturated/α-hetero) is 1. The summed E-state index contributed by atoms with van der Waals surface area (Å²) in [5.74, 6) is -0.726. The molecule has 0 bridgehead atoms. The molecular formula is C23H14BrFO4. The predicted octanol–water partition coefficient (Wildman–Crippen LogP) is 5.73. The van der Waals surface area contributed by atoms with E-state index in [0.717, 1.165) is 16.1 Å². The SMILES string of the molecule is Cc1cc(OC(=O)c2cccc(F)c2)cc2c1C(=O)/C(=C/c1ccc(Br)cc1)O2. The van der Waals surface area contributed by atoms with Gasteiger partial charge in [0.05, 0.1) is 11.1 Å². The molecule has 6 heteroatoms. The van der Waals surface area contributed by atoms with Gasteiger partial charge in [0, 0.05) is 10.5 Å². The Labute approximate surface area is 174 Å². The molecule has 0 amide bonds. The van der Waals surface area contributed by atoms with Gasteiger partial charge in [0.25, 0.3) is 0 Å². The third-order valence-corrected chi connectivity index (χ3v) is 4.91. The topological polar surface area (TPSA) is 52.6 Å². The Hall–Kier alpha value is -3.25. The van der Waals surface area contributed by atoms with Crippen LogP contribution in [0, 0.1) is 12.7 Å². The molecule has 1 aliphatic heterocycles. The lowest BCUT2D eigenvalue weighted by Crippen LogP contribution is -2.09. The van der Waals surface area contributed by atoms with Crippen LogP contribution in [0.1, 0.15) is 31.8 Å². The Bertz CT molecular complexity index is 1170. The van der Waals surface area contributed by atoms with E-state index in [9.17, 15) is 14.0 Å². The lowest BCUT2D eigenvalue weighted by molar-refractivity contribution is 0.0734. The quantitative estimate of drug-likeness (QED) is 0.289. The molecule has 0 atom stereocenters. The summed E-state index contributed by atoms with van der Waals surface area (Å²) in [5.41, 5.74) is 1.96. The molecule has 29 heavy (non-hydrogen) atoms. The van der Waals surface area contributed by atoms with Crippen molar-refractivity contribution in [2.45, 2.75) is 6.92 Å². The number of carbonyl (C=O) groups is 2. The second-order valence-electron chi connectivity index (χ2n) is 6.50. The first-order valence-corrected chi connectivity index (χ1v) is 9.52. The maximum Gasteiger partial charge on any atom is 0.343 e. The van der Waals surface area contributed by atoms with Crippen LogP contribution in [0.3, 0.4) is 0 Å². The molecule has 1 heterocycles. The van der Waals surface area contributed by atoms with E-state index in [0.29, 0.717) is 16.9 Å². The highest BCUT2D eigenvalue weighted by atomic mass is 79.9. The zero-order valence-electron chi connectivity index (χ0n) is 15.2. The van der Waals surface area contributed by atoms with Gasteiger partial charge in [0.2, 0.25) is 5.78 Å². The lowest BCUT2D eigenvalue weighted by Gasteiger charge is -2.08. The Morgan fingerprint density at radius 1 is 1.10 bits per heavy atom. The molecular weight excluding hydrogens is 439 g/mol. The summed E-state index contributed by atoms with van der Waals surface area (Å²) in [6.45, 7) is 1.74. The van der Waals surface area contributed by atoms with Crippen LogP contribution in [-0.2, 0) is 0 Å². The number of halogens is 2. The van der Waals surface area contributed by atoms with Crippen LogP contribution in [0.15, 0.2) is 70.9 Å². The van der Waals surface area contributed by atoms with Crippen molar-refractivity contribution in [3.05, 3.63) is 99.0 Å². The number of esters is 1. The van der Waals surface area contributed by atoms with Gasteiger partial charge in [-0.15, -0.1) is 0 Å². The predicted molar refractivity (Wildman–Crippen MR) is 110 cm³/mol. The monoisotopic (exact) mass is 452 g/mol. The summed E-state index contributed by atoms with van der Waals surface area (Å²) in [6, 6.07) is 15.8. The van der Waals surface area contributed by atoms with Crippen molar-refractivity contribution in [2.24, 2.45) is 0 Å². The van der Waals surface area contributed by atoms with Crippen LogP contribution in [0.2, 0.25) is 0 Å². The molecule has 4 rings (SSSR count). The van der Waals surface area contributed by atoms with Gasteiger partial charge < -0.3 is 9.47 Å². The Morgan fingerprint density at radius 3 is 2.59 bits per heavy atom. The fourth-order valence-corrected chi connectivity index (χ4v) is 3.29. The molecule has 0 N–H and O–H groups in total. The summed E-state index contributed by atoms with van der Waals surface area (Å²) in [7, 11) is 0. The maximum atomic E-state index is 13.3. The molecule has 0 saturated carbocycles.